The summed E-state index contributed by atoms with van der Waals surface area (Å²) in [6.45, 7) is 8.36. The van der Waals surface area contributed by atoms with Crippen LogP contribution in [0.5, 0.6) is 0 Å². The molecule has 0 heterocycles. The Morgan fingerprint density at radius 3 is 2.42 bits per heavy atom. The van der Waals surface area contributed by atoms with E-state index in [0.717, 1.165) is 28.1 Å². The number of nitrogens with one attached hydrogen (secondary N) is 1. The highest BCUT2D eigenvalue weighted by Gasteiger charge is 2.18. The number of rotatable bonds is 5. The van der Waals surface area contributed by atoms with Crippen LogP contribution in [0.3, 0.4) is 0 Å². The van der Waals surface area contributed by atoms with Gasteiger partial charge in [-0.05, 0) is 62.6 Å². The molecule has 0 aromatic heterocycles. The minimum atomic E-state index is -0.292. The standard InChI is InChI=1S/C20H24N2O2/c1-5-22(17-10-6-8-14(2)12-17)20(24)13-19(23)21-18-11-7-9-15(3)16(18)4/h6-12H,5,13H2,1-4H3,(H,21,23). The van der Waals surface area contributed by atoms with Gasteiger partial charge in [0, 0.05) is 17.9 Å². The van der Waals surface area contributed by atoms with E-state index in [4.69, 9.17) is 0 Å². The van der Waals surface area contributed by atoms with Crippen LogP contribution in [0.25, 0.3) is 0 Å². The quantitative estimate of drug-likeness (QED) is 0.845. The molecule has 24 heavy (non-hydrogen) atoms. The lowest BCUT2D eigenvalue weighted by Crippen LogP contribution is -2.33. The maximum Gasteiger partial charge on any atom is 0.236 e. The minimum Gasteiger partial charge on any atom is -0.325 e. The van der Waals surface area contributed by atoms with Crippen LogP contribution >= 0.6 is 0 Å². The fourth-order valence-electron chi connectivity index (χ4n) is 2.61. The Bertz CT molecular complexity index is 753. The highest BCUT2D eigenvalue weighted by Crippen LogP contribution is 2.19. The molecule has 1 N–H and O–H groups in total. The van der Waals surface area contributed by atoms with E-state index in [1.807, 2.05) is 70.2 Å². The topological polar surface area (TPSA) is 49.4 Å². The van der Waals surface area contributed by atoms with Crippen LogP contribution < -0.4 is 10.2 Å². The summed E-state index contributed by atoms with van der Waals surface area (Å²) in [5.41, 5.74) is 4.78. The lowest BCUT2D eigenvalue weighted by atomic mass is 10.1. The van der Waals surface area contributed by atoms with E-state index in [2.05, 4.69) is 5.32 Å². The van der Waals surface area contributed by atoms with Crippen molar-refractivity contribution in [3.63, 3.8) is 0 Å². The number of hydrogen-bond donors (Lipinski definition) is 1. The highest BCUT2D eigenvalue weighted by atomic mass is 16.2. The Labute approximate surface area is 143 Å². The van der Waals surface area contributed by atoms with Crippen molar-refractivity contribution in [3.8, 4) is 0 Å². The zero-order chi connectivity index (χ0) is 17.7. The molecular formula is C20H24N2O2. The highest BCUT2D eigenvalue weighted by molar-refractivity contribution is 6.09. The van der Waals surface area contributed by atoms with Crippen molar-refractivity contribution in [1.82, 2.24) is 0 Å². The first-order chi connectivity index (χ1) is 11.4. The molecular weight excluding hydrogens is 300 g/mol. The number of nitrogens with zero attached hydrogens (tertiary/aromatic N) is 1. The molecule has 0 saturated carbocycles. The molecule has 2 aromatic rings. The molecule has 4 nitrogen and oxygen atoms in total. The van der Waals surface area contributed by atoms with Gasteiger partial charge in [-0.3, -0.25) is 9.59 Å². The summed E-state index contributed by atoms with van der Waals surface area (Å²) < 4.78 is 0. The van der Waals surface area contributed by atoms with Gasteiger partial charge >= 0.3 is 0 Å². The molecule has 4 heteroatoms. The third kappa shape index (κ3) is 4.22. The van der Waals surface area contributed by atoms with Crippen LogP contribution in [0.1, 0.15) is 30.0 Å². The first kappa shape index (κ1) is 17.7. The lowest BCUT2D eigenvalue weighted by molar-refractivity contribution is -0.125. The number of carbonyl (C=O) groups is 2. The molecule has 0 atom stereocenters. The van der Waals surface area contributed by atoms with E-state index >= 15 is 0 Å². The van der Waals surface area contributed by atoms with E-state index in [0.29, 0.717) is 6.54 Å². The van der Waals surface area contributed by atoms with Gasteiger partial charge < -0.3 is 10.2 Å². The van der Waals surface area contributed by atoms with Crippen LogP contribution in [0.2, 0.25) is 0 Å². The van der Waals surface area contributed by atoms with Crippen LogP contribution in [0.4, 0.5) is 11.4 Å². The van der Waals surface area contributed by atoms with Gasteiger partial charge in [-0.15, -0.1) is 0 Å². The Balaban J connectivity index is 2.07. The molecule has 0 aliphatic carbocycles. The van der Waals surface area contributed by atoms with E-state index in [1.54, 1.807) is 4.90 Å². The fraction of sp³-hybridized carbons (Fsp3) is 0.300. The summed E-state index contributed by atoms with van der Waals surface area (Å²) in [7, 11) is 0. The van der Waals surface area contributed by atoms with Gasteiger partial charge in [-0.2, -0.15) is 0 Å². The summed E-state index contributed by atoms with van der Waals surface area (Å²) in [6.07, 6.45) is -0.171. The zero-order valence-corrected chi connectivity index (χ0v) is 14.7. The summed E-state index contributed by atoms with van der Waals surface area (Å²) in [6, 6.07) is 13.5. The normalized spacial score (nSPS) is 10.3. The van der Waals surface area contributed by atoms with Crippen molar-refractivity contribution in [1.29, 1.82) is 0 Å². The van der Waals surface area contributed by atoms with Crippen molar-refractivity contribution < 1.29 is 9.59 Å². The van der Waals surface area contributed by atoms with Crippen LogP contribution in [-0.2, 0) is 9.59 Å². The second-order valence-corrected chi connectivity index (χ2v) is 5.95. The first-order valence-electron chi connectivity index (χ1n) is 8.15. The molecule has 0 aliphatic heterocycles. The Morgan fingerprint density at radius 2 is 1.75 bits per heavy atom. The van der Waals surface area contributed by atoms with Gasteiger partial charge in [0.2, 0.25) is 11.8 Å². The Morgan fingerprint density at radius 1 is 1.04 bits per heavy atom. The molecule has 0 fully saturated rings. The van der Waals surface area contributed by atoms with Crippen LogP contribution in [0.15, 0.2) is 42.5 Å². The molecule has 2 aromatic carbocycles. The summed E-state index contributed by atoms with van der Waals surface area (Å²) in [5.74, 6) is -0.495. The number of anilines is 2. The molecule has 0 spiro atoms. The number of amides is 2. The molecule has 2 amide bonds. The minimum absolute atomic E-state index is 0.171. The number of carbonyl (C=O) groups excluding carboxylic acids is 2. The van der Waals surface area contributed by atoms with E-state index < -0.39 is 0 Å². The van der Waals surface area contributed by atoms with Gasteiger partial charge in [0.05, 0.1) is 0 Å². The lowest BCUT2D eigenvalue weighted by Gasteiger charge is -2.21. The first-order valence-corrected chi connectivity index (χ1v) is 8.15. The monoisotopic (exact) mass is 324 g/mol. The van der Waals surface area contributed by atoms with Crippen LogP contribution in [-0.4, -0.2) is 18.4 Å². The van der Waals surface area contributed by atoms with Crippen molar-refractivity contribution >= 4 is 23.2 Å². The van der Waals surface area contributed by atoms with Crippen LogP contribution in [0, 0.1) is 20.8 Å². The van der Waals surface area contributed by atoms with E-state index in [-0.39, 0.29) is 18.2 Å². The third-order valence-corrected chi connectivity index (χ3v) is 4.12. The van der Waals surface area contributed by atoms with Gasteiger partial charge in [-0.1, -0.05) is 24.3 Å². The SMILES string of the molecule is CCN(C(=O)CC(=O)Nc1cccc(C)c1C)c1cccc(C)c1. The Kier molecular flexibility index (Phi) is 5.74. The van der Waals surface area contributed by atoms with Gasteiger partial charge in [0.25, 0.3) is 0 Å². The number of hydrogen-bond acceptors (Lipinski definition) is 2. The maximum atomic E-state index is 12.5. The van der Waals surface area contributed by atoms with Crippen molar-refractivity contribution in [2.75, 3.05) is 16.8 Å². The van der Waals surface area contributed by atoms with Gasteiger partial charge in [-0.25, -0.2) is 0 Å². The second-order valence-electron chi connectivity index (χ2n) is 5.95. The average molecular weight is 324 g/mol. The van der Waals surface area contributed by atoms with E-state index in [9.17, 15) is 9.59 Å². The van der Waals surface area contributed by atoms with E-state index in [1.165, 1.54) is 0 Å². The largest absolute Gasteiger partial charge is 0.325 e. The number of aryl methyl sites for hydroxylation is 2. The van der Waals surface area contributed by atoms with Gasteiger partial charge in [0.1, 0.15) is 6.42 Å². The van der Waals surface area contributed by atoms with Gasteiger partial charge in [0.15, 0.2) is 0 Å². The number of benzene rings is 2. The zero-order valence-electron chi connectivity index (χ0n) is 14.7. The smallest absolute Gasteiger partial charge is 0.236 e. The van der Waals surface area contributed by atoms with Crippen molar-refractivity contribution in [2.24, 2.45) is 0 Å². The van der Waals surface area contributed by atoms with Crippen molar-refractivity contribution in [2.45, 2.75) is 34.1 Å². The second kappa shape index (κ2) is 7.77. The predicted molar refractivity (Wildman–Crippen MR) is 98.4 cm³/mol. The van der Waals surface area contributed by atoms with Crippen molar-refractivity contribution in [3.05, 3.63) is 59.2 Å². The Hall–Kier alpha value is -2.62. The molecule has 0 unspecified atom stereocenters. The third-order valence-electron chi connectivity index (χ3n) is 4.12. The molecule has 0 bridgehead atoms. The molecule has 2 rings (SSSR count). The predicted octanol–water partition coefficient (Wildman–Crippen LogP) is 3.99. The fourth-order valence-corrected chi connectivity index (χ4v) is 2.61. The summed E-state index contributed by atoms with van der Waals surface area (Å²) in [5, 5.41) is 2.84. The molecule has 0 saturated heterocycles. The molecule has 0 radical (unpaired) electrons. The molecule has 0 aliphatic rings. The molecule has 126 valence electrons. The summed E-state index contributed by atoms with van der Waals surface area (Å²) in [4.78, 5) is 26.4. The maximum absolute atomic E-state index is 12.5. The summed E-state index contributed by atoms with van der Waals surface area (Å²) >= 11 is 0. The average Bonchev–Trinajstić information content (AvgIpc) is 2.52.